The number of hydrogen-bond donors (Lipinski definition) is 0. The lowest BCUT2D eigenvalue weighted by Gasteiger charge is -2.11. The predicted molar refractivity (Wildman–Crippen MR) is 109 cm³/mol. The molecule has 31 heavy (non-hydrogen) atoms. The van der Waals surface area contributed by atoms with E-state index in [1.54, 1.807) is 43.3 Å². The summed E-state index contributed by atoms with van der Waals surface area (Å²) in [7, 11) is 1.49. The van der Waals surface area contributed by atoms with Gasteiger partial charge in [0.25, 0.3) is 0 Å². The smallest absolute Gasteiger partial charge is 0.387 e. The van der Waals surface area contributed by atoms with E-state index in [2.05, 4.69) is 4.74 Å². The van der Waals surface area contributed by atoms with Crippen molar-refractivity contribution < 1.29 is 32.6 Å². The van der Waals surface area contributed by atoms with Crippen molar-refractivity contribution in [2.75, 3.05) is 13.7 Å². The Labute approximate surface area is 178 Å². The summed E-state index contributed by atoms with van der Waals surface area (Å²) >= 11 is 0. The fraction of sp³-hybridized carbons (Fsp3) is 0.217. The van der Waals surface area contributed by atoms with Crippen LogP contribution < -0.4 is 9.47 Å². The Morgan fingerprint density at radius 1 is 1.00 bits per heavy atom. The van der Waals surface area contributed by atoms with Crippen LogP contribution >= 0.6 is 0 Å². The number of ketones is 1. The van der Waals surface area contributed by atoms with Crippen molar-refractivity contribution in [3.05, 3.63) is 77.1 Å². The molecule has 0 aliphatic rings. The summed E-state index contributed by atoms with van der Waals surface area (Å²) in [6.07, 6.45) is 0. The van der Waals surface area contributed by atoms with Crippen molar-refractivity contribution >= 4 is 11.8 Å². The molecule has 1 aromatic heterocycles. The Kier molecular flexibility index (Phi) is 6.69. The van der Waals surface area contributed by atoms with Crippen LogP contribution in [0.3, 0.4) is 0 Å². The molecule has 0 radical (unpaired) electrons. The molecule has 3 aromatic rings. The summed E-state index contributed by atoms with van der Waals surface area (Å²) in [4.78, 5) is 24.9. The summed E-state index contributed by atoms with van der Waals surface area (Å²) in [5.74, 6) is -0.430. The highest BCUT2D eigenvalue weighted by molar-refractivity contribution is 6.00. The van der Waals surface area contributed by atoms with E-state index in [4.69, 9.17) is 9.47 Å². The van der Waals surface area contributed by atoms with E-state index in [0.29, 0.717) is 22.7 Å². The molecule has 3 rings (SSSR count). The predicted octanol–water partition coefficient (Wildman–Crippen LogP) is 4.74. The lowest BCUT2D eigenvalue weighted by molar-refractivity contribution is -0.0498. The monoisotopic (exact) mass is 429 g/mol. The number of rotatable bonds is 8. The third-order valence-electron chi connectivity index (χ3n) is 4.69. The summed E-state index contributed by atoms with van der Waals surface area (Å²) in [5, 5.41) is 0. The van der Waals surface area contributed by atoms with Crippen molar-refractivity contribution in [3.8, 4) is 17.2 Å². The Hall–Kier alpha value is -3.68. The van der Waals surface area contributed by atoms with Crippen LogP contribution in [0.5, 0.6) is 11.5 Å². The van der Waals surface area contributed by atoms with Crippen LogP contribution in [0.1, 0.15) is 32.1 Å². The lowest BCUT2D eigenvalue weighted by atomic mass is 10.1. The van der Waals surface area contributed by atoms with Crippen molar-refractivity contribution in [2.45, 2.75) is 20.5 Å². The minimum absolute atomic E-state index is 0.0435. The second kappa shape index (κ2) is 9.42. The summed E-state index contributed by atoms with van der Waals surface area (Å²) in [6, 6.07) is 14.2. The number of methoxy groups -OCH3 is 1. The highest BCUT2D eigenvalue weighted by atomic mass is 19.3. The Morgan fingerprint density at radius 3 is 2.35 bits per heavy atom. The molecule has 0 atom stereocenters. The van der Waals surface area contributed by atoms with Gasteiger partial charge in [-0.1, -0.05) is 6.07 Å². The number of aromatic nitrogens is 1. The number of Topliss-reactive ketones (excluding diaryl/α,β-unsaturated/α-hetero) is 1. The van der Waals surface area contributed by atoms with Gasteiger partial charge in [-0.25, -0.2) is 4.79 Å². The average molecular weight is 429 g/mol. The molecule has 0 unspecified atom stereocenters. The van der Waals surface area contributed by atoms with Crippen LogP contribution in [0, 0.1) is 13.8 Å². The fourth-order valence-electron chi connectivity index (χ4n) is 3.26. The van der Waals surface area contributed by atoms with Crippen LogP contribution in [-0.2, 0) is 4.74 Å². The molecule has 0 amide bonds. The van der Waals surface area contributed by atoms with Gasteiger partial charge in [0.05, 0.1) is 12.7 Å². The maximum Gasteiger partial charge on any atom is 0.387 e. The van der Waals surface area contributed by atoms with Crippen LogP contribution in [0.25, 0.3) is 5.69 Å². The summed E-state index contributed by atoms with van der Waals surface area (Å²) < 4.78 is 41.1. The number of hydrogen-bond acceptors (Lipinski definition) is 5. The van der Waals surface area contributed by atoms with E-state index in [-0.39, 0.29) is 17.1 Å². The van der Waals surface area contributed by atoms with Gasteiger partial charge in [0, 0.05) is 22.6 Å². The first kappa shape index (κ1) is 22.0. The number of aryl methyl sites for hydroxylation is 1. The van der Waals surface area contributed by atoms with Crippen molar-refractivity contribution in [1.29, 1.82) is 0 Å². The Balaban J connectivity index is 1.73. The quantitative estimate of drug-likeness (QED) is 0.382. The molecule has 0 saturated carbocycles. The summed E-state index contributed by atoms with van der Waals surface area (Å²) in [5.41, 5.74) is 2.78. The topological polar surface area (TPSA) is 66.8 Å². The molecule has 162 valence electrons. The molecule has 0 N–H and O–H groups in total. The normalized spacial score (nSPS) is 10.8. The SMILES string of the molecule is COc1cccc(C(=O)OCC(=O)c2cc(C)n(-c3ccc(OC(F)F)cc3)c2C)c1. The molecule has 0 bridgehead atoms. The van der Waals surface area contributed by atoms with Gasteiger partial charge >= 0.3 is 12.6 Å². The van der Waals surface area contributed by atoms with Gasteiger partial charge in [0.2, 0.25) is 5.78 Å². The highest BCUT2D eigenvalue weighted by Gasteiger charge is 2.19. The minimum Gasteiger partial charge on any atom is -0.497 e. The van der Waals surface area contributed by atoms with Crippen LogP contribution in [-0.4, -0.2) is 36.6 Å². The zero-order chi connectivity index (χ0) is 22.5. The van der Waals surface area contributed by atoms with E-state index in [0.717, 1.165) is 5.69 Å². The van der Waals surface area contributed by atoms with Gasteiger partial charge in [0.1, 0.15) is 11.5 Å². The molecule has 2 aromatic carbocycles. The molecular weight excluding hydrogens is 408 g/mol. The van der Waals surface area contributed by atoms with Crippen molar-refractivity contribution in [3.63, 3.8) is 0 Å². The summed E-state index contributed by atoms with van der Waals surface area (Å²) in [6.45, 7) is 0.259. The zero-order valence-electron chi connectivity index (χ0n) is 17.2. The molecule has 0 spiro atoms. The third-order valence-corrected chi connectivity index (χ3v) is 4.69. The van der Waals surface area contributed by atoms with E-state index in [1.165, 1.54) is 25.3 Å². The molecule has 0 saturated heterocycles. The first-order valence-electron chi connectivity index (χ1n) is 9.38. The highest BCUT2D eigenvalue weighted by Crippen LogP contribution is 2.24. The van der Waals surface area contributed by atoms with Gasteiger partial charge in [-0.05, 0) is 62.4 Å². The minimum atomic E-state index is -2.90. The van der Waals surface area contributed by atoms with Gasteiger partial charge < -0.3 is 18.8 Å². The number of ether oxygens (including phenoxy) is 3. The number of alkyl halides is 2. The first-order chi connectivity index (χ1) is 14.8. The van der Waals surface area contributed by atoms with Gasteiger partial charge in [-0.2, -0.15) is 8.78 Å². The second-order valence-electron chi connectivity index (χ2n) is 6.72. The van der Waals surface area contributed by atoms with Crippen LogP contribution in [0.4, 0.5) is 8.78 Å². The largest absolute Gasteiger partial charge is 0.497 e. The van der Waals surface area contributed by atoms with Crippen molar-refractivity contribution in [2.24, 2.45) is 0 Å². The number of halogens is 2. The number of carbonyl (C=O) groups is 2. The molecule has 0 aliphatic heterocycles. The van der Waals surface area contributed by atoms with E-state index in [1.807, 2.05) is 11.5 Å². The van der Waals surface area contributed by atoms with E-state index < -0.39 is 19.2 Å². The van der Waals surface area contributed by atoms with Gasteiger partial charge in [-0.15, -0.1) is 0 Å². The number of nitrogens with zero attached hydrogens (tertiary/aromatic N) is 1. The molecule has 1 heterocycles. The molecule has 0 fully saturated rings. The average Bonchev–Trinajstić information content (AvgIpc) is 3.06. The Bertz CT molecular complexity index is 1090. The molecule has 8 heteroatoms. The van der Waals surface area contributed by atoms with Crippen LogP contribution in [0.2, 0.25) is 0 Å². The van der Waals surface area contributed by atoms with E-state index >= 15 is 0 Å². The number of benzene rings is 2. The molecular formula is C23H21F2NO5. The fourth-order valence-corrected chi connectivity index (χ4v) is 3.26. The molecule has 6 nitrogen and oxygen atoms in total. The van der Waals surface area contributed by atoms with Gasteiger partial charge in [0.15, 0.2) is 6.61 Å². The lowest BCUT2D eigenvalue weighted by Crippen LogP contribution is -2.15. The van der Waals surface area contributed by atoms with Crippen molar-refractivity contribution in [1.82, 2.24) is 4.57 Å². The zero-order valence-corrected chi connectivity index (χ0v) is 17.2. The Morgan fingerprint density at radius 2 is 1.71 bits per heavy atom. The molecule has 0 aliphatic carbocycles. The number of esters is 1. The van der Waals surface area contributed by atoms with E-state index in [9.17, 15) is 18.4 Å². The van der Waals surface area contributed by atoms with Crippen LogP contribution in [0.15, 0.2) is 54.6 Å². The maximum atomic E-state index is 12.7. The second-order valence-corrected chi connectivity index (χ2v) is 6.72. The van der Waals surface area contributed by atoms with Gasteiger partial charge in [-0.3, -0.25) is 4.79 Å². The third kappa shape index (κ3) is 5.09. The maximum absolute atomic E-state index is 12.7. The number of carbonyl (C=O) groups excluding carboxylic acids is 2. The first-order valence-corrected chi connectivity index (χ1v) is 9.38. The standard InChI is InChI=1S/C23H21F2NO5/c1-14-11-20(15(2)26(14)17-7-9-18(10-8-17)31-23(24)25)21(27)13-30-22(28)16-5-4-6-19(12-16)29-3/h4-12,23H,13H2,1-3H3.